The van der Waals surface area contributed by atoms with E-state index in [-0.39, 0.29) is 6.04 Å². The van der Waals surface area contributed by atoms with Crippen molar-refractivity contribution in [3.05, 3.63) is 63.7 Å². The van der Waals surface area contributed by atoms with E-state index in [0.29, 0.717) is 0 Å². The molecule has 19 heavy (non-hydrogen) atoms. The van der Waals surface area contributed by atoms with Crippen LogP contribution in [0.1, 0.15) is 28.3 Å². The molecule has 0 fully saturated rings. The van der Waals surface area contributed by atoms with Gasteiger partial charge in [-0.2, -0.15) is 0 Å². The number of benzene rings is 2. The van der Waals surface area contributed by atoms with Gasteiger partial charge in [0.1, 0.15) is 5.75 Å². The Morgan fingerprint density at radius 1 is 1.16 bits per heavy atom. The van der Waals surface area contributed by atoms with Gasteiger partial charge in [-0.15, -0.1) is 0 Å². The Morgan fingerprint density at radius 3 is 2.74 bits per heavy atom. The molecule has 0 radical (unpaired) electrons. The lowest BCUT2D eigenvalue weighted by Crippen LogP contribution is -2.13. The maximum atomic E-state index is 6.39. The Labute approximate surface area is 118 Å². The monoisotopic (exact) mass is 273 g/mol. The molecule has 0 aromatic heterocycles. The fourth-order valence-corrected chi connectivity index (χ4v) is 2.81. The summed E-state index contributed by atoms with van der Waals surface area (Å²) in [5, 5.41) is 0.741. The van der Waals surface area contributed by atoms with Gasteiger partial charge in [-0.3, -0.25) is 0 Å². The molecule has 2 aromatic carbocycles. The smallest absolute Gasteiger partial charge is 0.127 e. The van der Waals surface area contributed by atoms with Crippen molar-refractivity contribution < 1.29 is 4.74 Å². The quantitative estimate of drug-likeness (QED) is 0.907. The maximum absolute atomic E-state index is 6.39. The standard InChI is InChI=1S/C16H16ClNO/c1-10-4-2-6-12(14(10)17)15(18)13-7-3-5-11-8-9-19-16(11)13/h2-7,15H,8-9,18H2,1H3. The number of halogens is 1. The Bertz CT molecular complexity index is 624. The second kappa shape index (κ2) is 4.87. The number of hydrogen-bond acceptors (Lipinski definition) is 2. The Balaban J connectivity index is 2.08. The van der Waals surface area contributed by atoms with Crippen LogP contribution in [0.15, 0.2) is 36.4 Å². The van der Waals surface area contributed by atoms with Gasteiger partial charge in [0.05, 0.1) is 12.6 Å². The van der Waals surface area contributed by atoms with Crippen LogP contribution in [0, 0.1) is 6.92 Å². The molecule has 0 bridgehead atoms. The number of rotatable bonds is 2. The van der Waals surface area contributed by atoms with Gasteiger partial charge in [0, 0.05) is 17.0 Å². The molecule has 2 aromatic rings. The predicted octanol–water partition coefficient (Wildman–Crippen LogP) is 3.63. The summed E-state index contributed by atoms with van der Waals surface area (Å²) in [4.78, 5) is 0. The molecule has 2 nitrogen and oxygen atoms in total. The fraction of sp³-hybridized carbons (Fsp3) is 0.250. The van der Waals surface area contributed by atoms with Gasteiger partial charge >= 0.3 is 0 Å². The third kappa shape index (κ3) is 2.11. The Hall–Kier alpha value is -1.51. The highest BCUT2D eigenvalue weighted by Gasteiger charge is 2.22. The van der Waals surface area contributed by atoms with E-state index in [1.165, 1.54) is 5.56 Å². The lowest BCUT2D eigenvalue weighted by Gasteiger charge is -2.18. The average molecular weight is 274 g/mol. The first kappa shape index (κ1) is 12.5. The molecule has 1 aliphatic heterocycles. The number of ether oxygens (including phenoxy) is 1. The summed E-state index contributed by atoms with van der Waals surface area (Å²) < 4.78 is 5.72. The van der Waals surface area contributed by atoms with Gasteiger partial charge in [-0.25, -0.2) is 0 Å². The van der Waals surface area contributed by atoms with E-state index in [2.05, 4.69) is 6.07 Å². The summed E-state index contributed by atoms with van der Waals surface area (Å²) in [6.45, 7) is 2.73. The minimum Gasteiger partial charge on any atom is -0.493 e. The summed E-state index contributed by atoms with van der Waals surface area (Å²) in [6, 6.07) is 11.9. The highest BCUT2D eigenvalue weighted by molar-refractivity contribution is 6.32. The van der Waals surface area contributed by atoms with Gasteiger partial charge < -0.3 is 10.5 Å². The van der Waals surface area contributed by atoms with Crippen LogP contribution < -0.4 is 10.5 Å². The van der Waals surface area contributed by atoms with Crippen molar-refractivity contribution in [3.8, 4) is 5.75 Å². The van der Waals surface area contributed by atoms with Crippen LogP contribution in [0.2, 0.25) is 5.02 Å². The average Bonchev–Trinajstić information content (AvgIpc) is 2.89. The number of para-hydroxylation sites is 1. The van der Waals surface area contributed by atoms with E-state index in [1.807, 2.05) is 37.3 Å². The summed E-state index contributed by atoms with van der Waals surface area (Å²) in [5.41, 5.74) is 10.6. The first-order valence-corrected chi connectivity index (χ1v) is 6.81. The third-order valence-electron chi connectivity index (χ3n) is 3.64. The van der Waals surface area contributed by atoms with Gasteiger partial charge in [0.15, 0.2) is 0 Å². The molecule has 1 unspecified atom stereocenters. The molecule has 0 spiro atoms. The van der Waals surface area contributed by atoms with Gasteiger partial charge in [-0.1, -0.05) is 48.0 Å². The molecule has 3 rings (SSSR count). The molecule has 1 atom stereocenters. The summed E-state index contributed by atoms with van der Waals surface area (Å²) in [5.74, 6) is 0.938. The number of aryl methyl sites for hydroxylation is 1. The summed E-state index contributed by atoms with van der Waals surface area (Å²) >= 11 is 6.37. The minimum absolute atomic E-state index is 0.250. The SMILES string of the molecule is Cc1cccc(C(N)c2cccc3c2OCC3)c1Cl. The van der Waals surface area contributed by atoms with Crippen molar-refractivity contribution in [2.24, 2.45) is 5.73 Å². The highest BCUT2D eigenvalue weighted by Crippen LogP contribution is 2.37. The second-order valence-electron chi connectivity index (χ2n) is 4.89. The third-order valence-corrected chi connectivity index (χ3v) is 4.15. The minimum atomic E-state index is -0.250. The Kier molecular flexibility index (Phi) is 3.21. The van der Waals surface area contributed by atoms with Crippen molar-refractivity contribution in [2.45, 2.75) is 19.4 Å². The molecular weight excluding hydrogens is 258 g/mol. The van der Waals surface area contributed by atoms with E-state index < -0.39 is 0 Å². The maximum Gasteiger partial charge on any atom is 0.127 e. The molecule has 2 N–H and O–H groups in total. The van der Waals surface area contributed by atoms with Gasteiger partial charge in [0.2, 0.25) is 0 Å². The highest BCUT2D eigenvalue weighted by atomic mass is 35.5. The molecule has 0 saturated heterocycles. The van der Waals surface area contributed by atoms with Gasteiger partial charge in [0.25, 0.3) is 0 Å². The predicted molar refractivity (Wildman–Crippen MR) is 77.9 cm³/mol. The zero-order valence-corrected chi connectivity index (χ0v) is 11.6. The molecule has 1 heterocycles. The topological polar surface area (TPSA) is 35.2 Å². The van der Waals surface area contributed by atoms with Crippen molar-refractivity contribution in [1.82, 2.24) is 0 Å². The van der Waals surface area contributed by atoms with E-state index in [4.69, 9.17) is 22.1 Å². The second-order valence-corrected chi connectivity index (χ2v) is 5.27. The van der Waals surface area contributed by atoms with Crippen molar-refractivity contribution in [1.29, 1.82) is 0 Å². The van der Waals surface area contributed by atoms with Crippen LogP contribution in [-0.4, -0.2) is 6.61 Å². The first-order chi connectivity index (χ1) is 9.18. The van der Waals surface area contributed by atoms with E-state index in [1.54, 1.807) is 0 Å². The molecule has 3 heteroatoms. The number of nitrogens with two attached hydrogens (primary N) is 1. The zero-order chi connectivity index (χ0) is 13.4. The fourth-order valence-electron chi connectivity index (χ4n) is 2.56. The lowest BCUT2D eigenvalue weighted by molar-refractivity contribution is 0.352. The van der Waals surface area contributed by atoms with Crippen LogP contribution in [0.25, 0.3) is 0 Å². The van der Waals surface area contributed by atoms with Crippen molar-refractivity contribution in [3.63, 3.8) is 0 Å². The Morgan fingerprint density at radius 2 is 1.89 bits per heavy atom. The summed E-state index contributed by atoms with van der Waals surface area (Å²) in [7, 11) is 0. The molecule has 98 valence electrons. The van der Waals surface area contributed by atoms with Crippen molar-refractivity contribution in [2.75, 3.05) is 6.61 Å². The zero-order valence-electron chi connectivity index (χ0n) is 10.8. The molecule has 0 amide bonds. The van der Waals surface area contributed by atoms with E-state index in [0.717, 1.165) is 40.5 Å². The molecule has 0 aliphatic carbocycles. The van der Waals surface area contributed by atoms with Crippen molar-refractivity contribution >= 4 is 11.6 Å². The van der Waals surface area contributed by atoms with Crippen LogP contribution in [0.5, 0.6) is 5.75 Å². The van der Waals surface area contributed by atoms with Gasteiger partial charge in [-0.05, 0) is 23.6 Å². The van der Waals surface area contributed by atoms with Crippen LogP contribution in [0.4, 0.5) is 0 Å². The number of fused-ring (bicyclic) bond motifs is 1. The lowest BCUT2D eigenvalue weighted by atomic mass is 9.95. The molecule has 1 aliphatic rings. The summed E-state index contributed by atoms with van der Waals surface area (Å²) in [6.07, 6.45) is 0.956. The van der Waals surface area contributed by atoms with E-state index >= 15 is 0 Å². The van der Waals surface area contributed by atoms with Crippen LogP contribution in [0.3, 0.4) is 0 Å². The molecular formula is C16H16ClNO. The van der Waals surface area contributed by atoms with E-state index in [9.17, 15) is 0 Å². The van der Waals surface area contributed by atoms with Crippen LogP contribution in [-0.2, 0) is 6.42 Å². The first-order valence-electron chi connectivity index (χ1n) is 6.43. The van der Waals surface area contributed by atoms with Crippen LogP contribution >= 0.6 is 11.6 Å². The molecule has 0 saturated carbocycles. The largest absolute Gasteiger partial charge is 0.493 e. The normalized spacial score (nSPS) is 14.9. The number of hydrogen-bond donors (Lipinski definition) is 1.